The molecule has 0 amide bonds. The maximum absolute atomic E-state index is 12.8. The standard InChI is InChI=1S/C8H6ClFN4O/c9-5-3-4(1-2-6(5)10)12-8-14-13-7(11)15-8/h1-3H,(H2,11,13)(H,12,14). The summed E-state index contributed by atoms with van der Waals surface area (Å²) in [4.78, 5) is 0. The van der Waals surface area contributed by atoms with Crippen LogP contribution in [0.4, 0.5) is 22.1 Å². The Labute approximate surface area is 89.0 Å². The molecule has 0 saturated heterocycles. The molecule has 0 radical (unpaired) electrons. The molecule has 0 unspecified atom stereocenters. The summed E-state index contributed by atoms with van der Waals surface area (Å²) in [5, 5.41) is 9.75. The van der Waals surface area contributed by atoms with Gasteiger partial charge in [-0.2, -0.15) is 0 Å². The fourth-order valence-electron chi connectivity index (χ4n) is 0.982. The van der Waals surface area contributed by atoms with E-state index in [1.165, 1.54) is 18.2 Å². The van der Waals surface area contributed by atoms with Crippen LogP contribution in [0.3, 0.4) is 0 Å². The van der Waals surface area contributed by atoms with Gasteiger partial charge >= 0.3 is 12.0 Å². The van der Waals surface area contributed by atoms with Gasteiger partial charge < -0.3 is 15.5 Å². The topological polar surface area (TPSA) is 77.0 Å². The summed E-state index contributed by atoms with van der Waals surface area (Å²) < 4.78 is 17.7. The molecule has 15 heavy (non-hydrogen) atoms. The Kier molecular flexibility index (Phi) is 2.42. The smallest absolute Gasteiger partial charge is 0.321 e. The first kappa shape index (κ1) is 9.72. The Morgan fingerprint density at radius 1 is 1.40 bits per heavy atom. The summed E-state index contributed by atoms with van der Waals surface area (Å²) >= 11 is 5.58. The van der Waals surface area contributed by atoms with E-state index in [-0.39, 0.29) is 17.1 Å². The average molecular weight is 229 g/mol. The Morgan fingerprint density at radius 2 is 2.20 bits per heavy atom. The number of hydrogen-bond donors (Lipinski definition) is 2. The van der Waals surface area contributed by atoms with Crippen molar-refractivity contribution in [2.75, 3.05) is 11.1 Å². The van der Waals surface area contributed by atoms with Crippen LogP contribution in [0.15, 0.2) is 22.6 Å². The van der Waals surface area contributed by atoms with Gasteiger partial charge in [0.15, 0.2) is 0 Å². The molecule has 78 valence electrons. The van der Waals surface area contributed by atoms with Crippen molar-refractivity contribution < 1.29 is 8.81 Å². The third kappa shape index (κ3) is 2.16. The molecule has 1 aromatic carbocycles. The molecule has 0 bridgehead atoms. The van der Waals surface area contributed by atoms with Gasteiger partial charge in [-0.3, -0.25) is 0 Å². The molecule has 2 rings (SSSR count). The third-order valence-electron chi connectivity index (χ3n) is 1.61. The minimum absolute atomic E-state index is 0.00693. The number of nitrogens with two attached hydrogens (primary N) is 1. The molecular weight excluding hydrogens is 223 g/mol. The molecule has 0 saturated carbocycles. The van der Waals surface area contributed by atoms with Crippen LogP contribution in [0.5, 0.6) is 0 Å². The van der Waals surface area contributed by atoms with Gasteiger partial charge in [-0.1, -0.05) is 21.8 Å². The molecule has 0 aliphatic heterocycles. The molecule has 5 nitrogen and oxygen atoms in total. The summed E-state index contributed by atoms with van der Waals surface area (Å²) in [6.45, 7) is 0. The van der Waals surface area contributed by atoms with Gasteiger partial charge in [0.25, 0.3) is 0 Å². The normalized spacial score (nSPS) is 10.3. The number of aromatic nitrogens is 2. The van der Waals surface area contributed by atoms with Crippen LogP contribution in [0.2, 0.25) is 5.02 Å². The Hall–Kier alpha value is -1.82. The lowest BCUT2D eigenvalue weighted by atomic mass is 10.3. The van der Waals surface area contributed by atoms with E-state index in [0.717, 1.165) is 0 Å². The highest BCUT2D eigenvalue weighted by molar-refractivity contribution is 6.31. The summed E-state index contributed by atoms with van der Waals surface area (Å²) in [6, 6.07) is 4.18. The van der Waals surface area contributed by atoms with E-state index in [0.29, 0.717) is 5.69 Å². The van der Waals surface area contributed by atoms with Gasteiger partial charge in [0.05, 0.1) is 5.02 Å². The molecule has 7 heteroatoms. The molecule has 3 N–H and O–H groups in total. The SMILES string of the molecule is Nc1nnc(Nc2ccc(F)c(Cl)c2)o1. The van der Waals surface area contributed by atoms with E-state index in [9.17, 15) is 4.39 Å². The number of anilines is 3. The second kappa shape index (κ2) is 3.74. The molecule has 2 aromatic rings. The fraction of sp³-hybridized carbons (Fsp3) is 0. The van der Waals surface area contributed by atoms with Crippen LogP contribution in [0.1, 0.15) is 0 Å². The minimum Gasteiger partial charge on any atom is -0.389 e. The Bertz CT molecular complexity index is 487. The molecular formula is C8H6ClFN4O. The van der Waals surface area contributed by atoms with E-state index in [2.05, 4.69) is 15.5 Å². The largest absolute Gasteiger partial charge is 0.389 e. The summed E-state index contributed by atoms with van der Waals surface area (Å²) in [7, 11) is 0. The lowest BCUT2D eigenvalue weighted by molar-refractivity contribution is 0.593. The predicted octanol–water partition coefficient (Wildman–Crippen LogP) is 2.19. The number of nitrogens with one attached hydrogen (secondary N) is 1. The van der Waals surface area contributed by atoms with Crippen molar-refractivity contribution in [3.63, 3.8) is 0 Å². The van der Waals surface area contributed by atoms with Crippen molar-refractivity contribution in [3.05, 3.63) is 29.0 Å². The van der Waals surface area contributed by atoms with Crippen molar-refractivity contribution >= 4 is 29.3 Å². The Balaban J connectivity index is 2.21. The predicted molar refractivity (Wildman–Crippen MR) is 53.4 cm³/mol. The third-order valence-corrected chi connectivity index (χ3v) is 1.90. The van der Waals surface area contributed by atoms with Crippen LogP contribution in [-0.2, 0) is 0 Å². The van der Waals surface area contributed by atoms with E-state index >= 15 is 0 Å². The van der Waals surface area contributed by atoms with Crippen LogP contribution < -0.4 is 11.1 Å². The number of benzene rings is 1. The van der Waals surface area contributed by atoms with E-state index in [1.807, 2.05) is 0 Å². The van der Waals surface area contributed by atoms with Crippen LogP contribution >= 0.6 is 11.6 Å². The first-order chi connectivity index (χ1) is 7.15. The zero-order chi connectivity index (χ0) is 10.8. The highest BCUT2D eigenvalue weighted by atomic mass is 35.5. The van der Waals surface area contributed by atoms with Gasteiger partial charge in [-0.15, -0.1) is 0 Å². The maximum Gasteiger partial charge on any atom is 0.321 e. The number of hydrogen-bond acceptors (Lipinski definition) is 5. The molecule has 0 spiro atoms. The van der Waals surface area contributed by atoms with Crippen LogP contribution in [0.25, 0.3) is 0 Å². The van der Waals surface area contributed by atoms with Gasteiger partial charge in [0, 0.05) is 5.69 Å². The summed E-state index contributed by atoms with van der Waals surface area (Å²) in [6.07, 6.45) is 0. The zero-order valence-corrected chi connectivity index (χ0v) is 8.12. The van der Waals surface area contributed by atoms with Crippen molar-refractivity contribution in [2.45, 2.75) is 0 Å². The van der Waals surface area contributed by atoms with Gasteiger partial charge in [-0.05, 0) is 18.2 Å². The maximum atomic E-state index is 12.8. The lowest BCUT2D eigenvalue weighted by Gasteiger charge is -2.01. The van der Waals surface area contributed by atoms with Gasteiger partial charge in [0.2, 0.25) is 0 Å². The van der Waals surface area contributed by atoms with Gasteiger partial charge in [0.1, 0.15) is 5.82 Å². The molecule has 0 fully saturated rings. The molecule has 1 aromatic heterocycles. The Morgan fingerprint density at radius 3 is 2.80 bits per heavy atom. The first-order valence-corrected chi connectivity index (χ1v) is 4.34. The molecule has 0 atom stereocenters. The van der Waals surface area contributed by atoms with Crippen LogP contribution in [0, 0.1) is 5.82 Å². The molecule has 1 heterocycles. The molecule has 0 aliphatic rings. The summed E-state index contributed by atoms with van der Waals surface area (Å²) in [5.74, 6) is -0.493. The second-order valence-electron chi connectivity index (χ2n) is 2.70. The number of rotatable bonds is 2. The lowest BCUT2D eigenvalue weighted by Crippen LogP contribution is -1.91. The zero-order valence-electron chi connectivity index (χ0n) is 7.37. The van der Waals surface area contributed by atoms with Crippen molar-refractivity contribution in [2.24, 2.45) is 0 Å². The highest BCUT2D eigenvalue weighted by Gasteiger charge is 2.05. The number of nitrogens with zero attached hydrogens (tertiary/aromatic N) is 2. The second-order valence-corrected chi connectivity index (χ2v) is 3.11. The summed E-state index contributed by atoms with van der Waals surface area (Å²) in [5.41, 5.74) is 5.75. The average Bonchev–Trinajstić information content (AvgIpc) is 2.58. The first-order valence-electron chi connectivity index (χ1n) is 3.96. The highest BCUT2D eigenvalue weighted by Crippen LogP contribution is 2.22. The minimum atomic E-state index is -0.493. The van der Waals surface area contributed by atoms with Crippen molar-refractivity contribution in [1.82, 2.24) is 10.2 Å². The van der Waals surface area contributed by atoms with Crippen molar-refractivity contribution in [1.29, 1.82) is 0 Å². The molecule has 0 aliphatic carbocycles. The van der Waals surface area contributed by atoms with E-state index < -0.39 is 5.82 Å². The monoisotopic (exact) mass is 228 g/mol. The van der Waals surface area contributed by atoms with E-state index in [4.69, 9.17) is 21.8 Å². The van der Waals surface area contributed by atoms with E-state index in [1.54, 1.807) is 0 Å². The van der Waals surface area contributed by atoms with Crippen LogP contribution in [-0.4, -0.2) is 10.2 Å². The number of halogens is 2. The quantitative estimate of drug-likeness (QED) is 0.824. The number of nitrogen functional groups attached to an aromatic ring is 1. The fourth-order valence-corrected chi connectivity index (χ4v) is 1.16. The van der Waals surface area contributed by atoms with Gasteiger partial charge in [-0.25, -0.2) is 4.39 Å². The van der Waals surface area contributed by atoms with Crippen molar-refractivity contribution in [3.8, 4) is 0 Å².